The minimum atomic E-state index is -0.574. The van der Waals surface area contributed by atoms with E-state index in [0.717, 1.165) is 12.8 Å². The largest absolute Gasteiger partial charge is 0.396 e. The molecule has 0 bridgehead atoms. The van der Waals surface area contributed by atoms with E-state index in [9.17, 15) is 10.2 Å². The summed E-state index contributed by atoms with van der Waals surface area (Å²) in [4.78, 5) is 0. The van der Waals surface area contributed by atoms with Gasteiger partial charge in [-0.25, -0.2) is 0 Å². The van der Waals surface area contributed by atoms with Gasteiger partial charge in [-0.2, -0.15) is 0 Å². The molecule has 0 spiro atoms. The molecular weight excluding hydrogens is 408 g/mol. The number of aliphatic hydroxyl groups excluding tert-OH is 2. The molecule has 3 aliphatic rings. The molecule has 3 aliphatic heterocycles. The van der Waals surface area contributed by atoms with Crippen LogP contribution in [0.5, 0.6) is 0 Å². The number of ether oxygens (including phenoxy) is 7. The quantitative estimate of drug-likeness (QED) is 0.505. The van der Waals surface area contributed by atoms with Crippen molar-refractivity contribution in [3.63, 3.8) is 0 Å². The summed E-state index contributed by atoms with van der Waals surface area (Å²) in [6.07, 6.45) is 1.46. The van der Waals surface area contributed by atoms with E-state index in [0.29, 0.717) is 59.5 Å². The Balaban J connectivity index is 1.53. The Labute approximate surface area is 185 Å². The summed E-state index contributed by atoms with van der Waals surface area (Å²) in [6.45, 7) is 9.32. The molecule has 0 radical (unpaired) electrons. The van der Waals surface area contributed by atoms with Gasteiger partial charge >= 0.3 is 0 Å². The van der Waals surface area contributed by atoms with Crippen molar-refractivity contribution >= 4 is 0 Å². The van der Waals surface area contributed by atoms with E-state index in [4.69, 9.17) is 33.2 Å². The van der Waals surface area contributed by atoms with E-state index in [2.05, 4.69) is 6.92 Å². The molecule has 182 valence electrons. The van der Waals surface area contributed by atoms with Gasteiger partial charge in [0.15, 0.2) is 12.6 Å². The van der Waals surface area contributed by atoms with Crippen LogP contribution in [0, 0.1) is 16.2 Å². The van der Waals surface area contributed by atoms with Crippen molar-refractivity contribution in [2.24, 2.45) is 16.2 Å². The Morgan fingerprint density at radius 3 is 1.52 bits per heavy atom. The topological polar surface area (TPSA) is 105 Å². The lowest BCUT2D eigenvalue weighted by molar-refractivity contribution is -0.259. The molecule has 3 fully saturated rings. The molecule has 2 atom stereocenters. The van der Waals surface area contributed by atoms with Crippen LogP contribution in [-0.4, -0.2) is 102 Å². The van der Waals surface area contributed by atoms with Gasteiger partial charge in [0.1, 0.15) is 0 Å². The highest BCUT2D eigenvalue weighted by molar-refractivity contribution is 4.87. The fourth-order valence-electron chi connectivity index (χ4n) is 4.02. The van der Waals surface area contributed by atoms with Crippen LogP contribution in [0.3, 0.4) is 0 Å². The smallest absolute Gasteiger partial charge is 0.154 e. The third kappa shape index (κ3) is 6.82. The number of hydrogen-bond acceptors (Lipinski definition) is 9. The van der Waals surface area contributed by atoms with Crippen LogP contribution in [-0.2, 0) is 33.2 Å². The molecule has 31 heavy (non-hydrogen) atoms. The van der Waals surface area contributed by atoms with Crippen molar-refractivity contribution in [1.82, 2.24) is 0 Å². The maximum atomic E-state index is 9.94. The zero-order valence-corrected chi connectivity index (χ0v) is 19.2. The lowest BCUT2D eigenvalue weighted by Crippen LogP contribution is -2.51. The third-order valence-corrected chi connectivity index (χ3v) is 6.56. The average Bonchev–Trinajstić information content (AvgIpc) is 2.79. The van der Waals surface area contributed by atoms with Crippen molar-refractivity contribution in [3.8, 4) is 0 Å². The van der Waals surface area contributed by atoms with Gasteiger partial charge < -0.3 is 43.4 Å². The lowest BCUT2D eigenvalue weighted by Gasteiger charge is -2.42. The zero-order valence-electron chi connectivity index (χ0n) is 19.2. The Kier molecular flexibility index (Phi) is 9.11. The standard InChI is InChI=1S/C22H40O9/c1-17-4-5-20(6-23,12-27-17)8-25-10-22(15-30-19(3)31-16-22)11-26-9-21(7-24)13-28-18(2)29-14-21/h17-19,23-24H,4-16H2,1-3H3. The molecule has 3 rings (SSSR count). The monoisotopic (exact) mass is 448 g/mol. The van der Waals surface area contributed by atoms with E-state index >= 15 is 0 Å². The molecule has 9 heteroatoms. The normalized spacial score (nSPS) is 41.9. The molecule has 0 aromatic rings. The molecule has 0 aliphatic carbocycles. The van der Waals surface area contributed by atoms with Gasteiger partial charge in [0.05, 0.1) is 89.6 Å². The van der Waals surface area contributed by atoms with Gasteiger partial charge in [0.25, 0.3) is 0 Å². The zero-order chi connectivity index (χ0) is 22.4. The summed E-state index contributed by atoms with van der Waals surface area (Å²) < 4.78 is 40.6. The SMILES string of the molecule is CC1CCC(CO)(COCC2(COCC3(CO)COC(C)OC3)COC(C)OC2)CO1. The third-order valence-electron chi connectivity index (χ3n) is 6.56. The predicted octanol–water partition coefficient (Wildman–Crippen LogP) is 0.948. The summed E-state index contributed by atoms with van der Waals surface area (Å²) in [5.41, 5.74) is -1.41. The first-order valence-electron chi connectivity index (χ1n) is 11.3. The minimum Gasteiger partial charge on any atom is -0.396 e. The number of hydrogen-bond donors (Lipinski definition) is 2. The Hall–Kier alpha value is -0.360. The van der Waals surface area contributed by atoms with Gasteiger partial charge in [0, 0.05) is 5.41 Å². The Morgan fingerprint density at radius 2 is 1.06 bits per heavy atom. The summed E-state index contributed by atoms with van der Waals surface area (Å²) in [5.74, 6) is 0. The van der Waals surface area contributed by atoms with E-state index < -0.39 is 10.8 Å². The van der Waals surface area contributed by atoms with E-state index in [1.807, 2.05) is 13.8 Å². The minimum absolute atomic E-state index is 0.0324. The summed E-state index contributed by atoms with van der Waals surface area (Å²) >= 11 is 0. The van der Waals surface area contributed by atoms with Crippen LogP contribution in [0.4, 0.5) is 0 Å². The molecule has 2 unspecified atom stereocenters. The van der Waals surface area contributed by atoms with Gasteiger partial charge in [-0.3, -0.25) is 0 Å². The Bertz CT molecular complexity index is 481. The lowest BCUT2D eigenvalue weighted by atomic mass is 9.82. The second-order valence-corrected chi connectivity index (χ2v) is 9.84. The van der Waals surface area contributed by atoms with E-state index in [-0.39, 0.29) is 37.3 Å². The molecule has 2 N–H and O–H groups in total. The van der Waals surface area contributed by atoms with Gasteiger partial charge in [0.2, 0.25) is 0 Å². The van der Waals surface area contributed by atoms with Gasteiger partial charge in [-0.1, -0.05) is 0 Å². The Morgan fingerprint density at radius 1 is 0.645 bits per heavy atom. The van der Waals surface area contributed by atoms with E-state index in [1.54, 1.807) is 0 Å². The van der Waals surface area contributed by atoms with Crippen LogP contribution in [0.1, 0.15) is 33.6 Å². The fourth-order valence-corrected chi connectivity index (χ4v) is 4.02. The summed E-state index contributed by atoms with van der Waals surface area (Å²) in [7, 11) is 0. The highest BCUT2D eigenvalue weighted by atomic mass is 16.7. The first kappa shape index (κ1) is 25.3. The van der Waals surface area contributed by atoms with Gasteiger partial charge in [-0.15, -0.1) is 0 Å². The predicted molar refractivity (Wildman–Crippen MR) is 110 cm³/mol. The van der Waals surface area contributed by atoms with Gasteiger partial charge in [-0.05, 0) is 33.6 Å². The molecule has 3 saturated heterocycles. The van der Waals surface area contributed by atoms with Crippen molar-refractivity contribution in [2.45, 2.75) is 52.3 Å². The first-order valence-corrected chi connectivity index (χ1v) is 11.3. The van der Waals surface area contributed by atoms with Crippen molar-refractivity contribution in [2.75, 3.05) is 72.7 Å². The van der Waals surface area contributed by atoms with Crippen molar-refractivity contribution < 1.29 is 43.4 Å². The highest BCUT2D eigenvalue weighted by Crippen LogP contribution is 2.33. The highest BCUT2D eigenvalue weighted by Gasteiger charge is 2.41. The molecule has 0 aromatic heterocycles. The van der Waals surface area contributed by atoms with Crippen LogP contribution < -0.4 is 0 Å². The van der Waals surface area contributed by atoms with E-state index in [1.165, 1.54) is 0 Å². The summed E-state index contributed by atoms with van der Waals surface area (Å²) in [6, 6.07) is 0. The fraction of sp³-hybridized carbons (Fsp3) is 1.00. The molecule has 9 nitrogen and oxygen atoms in total. The average molecular weight is 449 g/mol. The molecular formula is C22H40O9. The number of aliphatic hydroxyl groups is 2. The maximum absolute atomic E-state index is 9.94. The second-order valence-electron chi connectivity index (χ2n) is 9.84. The van der Waals surface area contributed by atoms with Crippen molar-refractivity contribution in [3.05, 3.63) is 0 Å². The molecule has 0 saturated carbocycles. The molecule has 3 heterocycles. The first-order chi connectivity index (χ1) is 14.8. The maximum Gasteiger partial charge on any atom is 0.154 e. The molecule has 0 aromatic carbocycles. The van der Waals surface area contributed by atoms with Crippen LogP contribution in [0.15, 0.2) is 0 Å². The summed E-state index contributed by atoms with van der Waals surface area (Å²) in [5, 5.41) is 19.8. The number of rotatable bonds is 10. The van der Waals surface area contributed by atoms with Crippen LogP contribution in [0.2, 0.25) is 0 Å². The second kappa shape index (κ2) is 11.2. The van der Waals surface area contributed by atoms with Crippen LogP contribution in [0.25, 0.3) is 0 Å². The van der Waals surface area contributed by atoms with Crippen LogP contribution >= 0.6 is 0 Å². The van der Waals surface area contributed by atoms with Crippen molar-refractivity contribution in [1.29, 1.82) is 0 Å². The molecule has 0 amide bonds.